The molecule has 0 saturated heterocycles. The van der Waals surface area contributed by atoms with Crippen LogP contribution in [0.5, 0.6) is 0 Å². The van der Waals surface area contributed by atoms with E-state index in [4.69, 9.17) is 5.73 Å². The minimum absolute atomic E-state index is 0.0403. The molecule has 2 atom stereocenters. The zero-order valence-electron chi connectivity index (χ0n) is 12.3. The van der Waals surface area contributed by atoms with E-state index in [1.807, 2.05) is 0 Å². The van der Waals surface area contributed by atoms with Gasteiger partial charge in [-0.3, -0.25) is 0 Å². The number of hydrogen-bond donors (Lipinski definition) is 2. The number of rotatable bonds is 4. The van der Waals surface area contributed by atoms with E-state index in [2.05, 4.69) is 11.6 Å². The summed E-state index contributed by atoms with van der Waals surface area (Å²) in [4.78, 5) is -0.0403. The molecule has 0 amide bonds. The van der Waals surface area contributed by atoms with Crippen LogP contribution in [0.1, 0.15) is 44.6 Å². The van der Waals surface area contributed by atoms with Crippen molar-refractivity contribution in [2.75, 3.05) is 0 Å². The maximum absolute atomic E-state index is 13.7. The number of sulfonamides is 1. The predicted molar refractivity (Wildman–Crippen MR) is 80.6 cm³/mol. The van der Waals surface area contributed by atoms with E-state index in [0.717, 1.165) is 32.1 Å². The van der Waals surface area contributed by atoms with Gasteiger partial charge >= 0.3 is 0 Å². The zero-order chi connectivity index (χ0) is 15.5. The summed E-state index contributed by atoms with van der Waals surface area (Å²) in [6.07, 6.45) is 5.13. The normalized spacial score (nSPS) is 23.8. The lowest BCUT2D eigenvalue weighted by Gasteiger charge is -2.23. The van der Waals surface area contributed by atoms with Crippen LogP contribution in [-0.4, -0.2) is 14.5 Å². The number of nitrogens with two attached hydrogens (primary N) is 1. The van der Waals surface area contributed by atoms with Crippen LogP contribution in [0.3, 0.4) is 0 Å². The van der Waals surface area contributed by atoms with E-state index in [-0.39, 0.29) is 29.0 Å². The van der Waals surface area contributed by atoms with Gasteiger partial charge in [0.15, 0.2) is 0 Å². The number of nitrogens with one attached hydrogen (secondary N) is 1. The maximum Gasteiger partial charge on any atom is 0.241 e. The fourth-order valence-corrected chi connectivity index (χ4v) is 4.56. The van der Waals surface area contributed by atoms with Crippen molar-refractivity contribution in [2.24, 2.45) is 11.7 Å². The van der Waals surface area contributed by atoms with E-state index < -0.39 is 15.8 Å². The van der Waals surface area contributed by atoms with Crippen LogP contribution in [0.4, 0.5) is 4.39 Å². The zero-order valence-corrected chi connectivity index (χ0v) is 13.1. The second-order valence-electron chi connectivity index (χ2n) is 5.76. The van der Waals surface area contributed by atoms with Crippen molar-refractivity contribution in [3.05, 3.63) is 29.6 Å². The molecule has 0 aromatic heterocycles. The molecule has 21 heavy (non-hydrogen) atoms. The van der Waals surface area contributed by atoms with Gasteiger partial charge in [0, 0.05) is 18.2 Å². The highest BCUT2D eigenvalue weighted by Crippen LogP contribution is 2.25. The van der Waals surface area contributed by atoms with Gasteiger partial charge in [-0.2, -0.15) is 0 Å². The molecule has 0 radical (unpaired) electrons. The van der Waals surface area contributed by atoms with E-state index in [9.17, 15) is 12.8 Å². The Kier molecular flexibility index (Phi) is 5.35. The van der Waals surface area contributed by atoms with Crippen molar-refractivity contribution in [1.29, 1.82) is 0 Å². The Morgan fingerprint density at radius 3 is 2.71 bits per heavy atom. The van der Waals surface area contributed by atoms with E-state index in [1.54, 1.807) is 0 Å². The van der Waals surface area contributed by atoms with Crippen molar-refractivity contribution in [3.8, 4) is 0 Å². The lowest BCUT2D eigenvalue weighted by molar-refractivity contribution is 0.399. The summed E-state index contributed by atoms with van der Waals surface area (Å²) >= 11 is 0. The fourth-order valence-electron chi connectivity index (χ4n) is 2.92. The fraction of sp³-hybridized carbons (Fsp3) is 0.600. The highest BCUT2D eigenvalue weighted by Gasteiger charge is 2.27. The molecule has 1 aromatic rings. The molecule has 118 valence electrons. The van der Waals surface area contributed by atoms with E-state index in [1.165, 1.54) is 18.2 Å². The van der Waals surface area contributed by atoms with Gasteiger partial charge in [0.05, 0.1) is 4.90 Å². The first-order valence-electron chi connectivity index (χ1n) is 7.45. The average molecular weight is 314 g/mol. The largest absolute Gasteiger partial charge is 0.326 e. The molecule has 0 spiro atoms. The first-order valence-corrected chi connectivity index (χ1v) is 8.94. The predicted octanol–water partition coefficient (Wildman–Crippen LogP) is 2.53. The number of hydrogen-bond acceptors (Lipinski definition) is 3. The summed E-state index contributed by atoms with van der Waals surface area (Å²) in [7, 11) is -3.74. The Hall–Kier alpha value is -0.980. The molecule has 1 aliphatic rings. The molecule has 2 rings (SSSR count). The smallest absolute Gasteiger partial charge is 0.241 e. The summed E-state index contributed by atoms with van der Waals surface area (Å²) in [6.45, 7) is 1.93. The molecule has 1 aliphatic carbocycles. The summed E-state index contributed by atoms with van der Waals surface area (Å²) in [5.41, 5.74) is 5.55. The average Bonchev–Trinajstić information content (AvgIpc) is 2.63. The summed E-state index contributed by atoms with van der Waals surface area (Å²) in [5.74, 6) is -0.286. The van der Waals surface area contributed by atoms with Gasteiger partial charge in [0.25, 0.3) is 0 Å². The molecule has 0 aliphatic heterocycles. The van der Waals surface area contributed by atoms with Crippen LogP contribution >= 0.6 is 0 Å². The van der Waals surface area contributed by atoms with Gasteiger partial charge in [-0.15, -0.1) is 0 Å². The lowest BCUT2D eigenvalue weighted by atomic mass is 9.98. The van der Waals surface area contributed by atoms with Crippen molar-refractivity contribution < 1.29 is 12.8 Å². The minimum atomic E-state index is -3.74. The van der Waals surface area contributed by atoms with Crippen molar-refractivity contribution in [2.45, 2.75) is 56.5 Å². The van der Waals surface area contributed by atoms with Gasteiger partial charge in [-0.25, -0.2) is 17.5 Å². The molecule has 1 saturated carbocycles. The maximum atomic E-state index is 13.7. The monoisotopic (exact) mass is 314 g/mol. The Labute approximate surface area is 126 Å². The van der Waals surface area contributed by atoms with Gasteiger partial charge in [-0.05, 0) is 30.9 Å². The second kappa shape index (κ2) is 6.85. The van der Waals surface area contributed by atoms with E-state index in [0.29, 0.717) is 0 Å². The van der Waals surface area contributed by atoms with Crippen LogP contribution in [0, 0.1) is 11.7 Å². The SMILES string of the molecule is CC1CCCCCC1NS(=O)(=O)c1cccc(F)c1CN. The van der Waals surface area contributed by atoms with Crippen molar-refractivity contribution >= 4 is 10.0 Å². The summed E-state index contributed by atoms with van der Waals surface area (Å²) < 4.78 is 41.6. The topological polar surface area (TPSA) is 72.2 Å². The van der Waals surface area contributed by atoms with Crippen LogP contribution < -0.4 is 10.5 Å². The van der Waals surface area contributed by atoms with Crippen molar-refractivity contribution in [1.82, 2.24) is 4.72 Å². The highest BCUT2D eigenvalue weighted by atomic mass is 32.2. The Morgan fingerprint density at radius 2 is 2.00 bits per heavy atom. The molecule has 1 fully saturated rings. The highest BCUT2D eigenvalue weighted by molar-refractivity contribution is 7.89. The lowest BCUT2D eigenvalue weighted by Crippen LogP contribution is -2.39. The molecule has 3 N–H and O–H groups in total. The molecular weight excluding hydrogens is 291 g/mol. The quantitative estimate of drug-likeness (QED) is 0.839. The van der Waals surface area contributed by atoms with Gasteiger partial charge in [0.1, 0.15) is 5.82 Å². The van der Waals surface area contributed by atoms with Crippen LogP contribution in [0.2, 0.25) is 0 Å². The van der Waals surface area contributed by atoms with Gasteiger partial charge in [0.2, 0.25) is 10.0 Å². The second-order valence-corrected chi connectivity index (χ2v) is 7.45. The Bertz CT molecular complexity index is 589. The number of halogens is 1. The molecular formula is C15H23FN2O2S. The first-order chi connectivity index (χ1) is 9.95. The molecule has 2 unspecified atom stereocenters. The number of benzene rings is 1. The standard InChI is InChI=1S/C15H23FN2O2S/c1-11-6-3-2-4-8-14(11)18-21(19,20)15-9-5-7-13(16)12(15)10-17/h5,7,9,11,14,18H,2-4,6,8,10,17H2,1H3. The van der Waals surface area contributed by atoms with E-state index >= 15 is 0 Å². The Morgan fingerprint density at radius 1 is 1.29 bits per heavy atom. The van der Waals surface area contributed by atoms with Crippen LogP contribution in [0.15, 0.2) is 23.1 Å². The van der Waals surface area contributed by atoms with Gasteiger partial charge < -0.3 is 5.73 Å². The summed E-state index contributed by atoms with van der Waals surface area (Å²) in [6, 6.07) is 3.95. The first kappa shape index (κ1) is 16.4. The summed E-state index contributed by atoms with van der Waals surface area (Å²) in [5, 5.41) is 0. The van der Waals surface area contributed by atoms with Crippen molar-refractivity contribution in [3.63, 3.8) is 0 Å². The third kappa shape index (κ3) is 3.81. The molecule has 1 aromatic carbocycles. The molecule has 0 bridgehead atoms. The third-order valence-corrected chi connectivity index (χ3v) is 5.81. The minimum Gasteiger partial charge on any atom is -0.326 e. The molecule has 6 heteroatoms. The molecule has 0 heterocycles. The van der Waals surface area contributed by atoms with Gasteiger partial charge in [-0.1, -0.05) is 32.3 Å². The van der Waals surface area contributed by atoms with Crippen LogP contribution in [-0.2, 0) is 16.6 Å². The van der Waals surface area contributed by atoms with Crippen LogP contribution in [0.25, 0.3) is 0 Å². The Balaban J connectivity index is 2.28. The molecule has 4 nitrogen and oxygen atoms in total. The third-order valence-electron chi connectivity index (χ3n) is 4.24.